The molecule has 0 aliphatic carbocycles. The van der Waals surface area contributed by atoms with Gasteiger partial charge in [-0.2, -0.15) is 0 Å². The van der Waals surface area contributed by atoms with Gasteiger partial charge in [0.1, 0.15) is 18.0 Å². The maximum Gasteiger partial charge on any atom is 0.411 e. The van der Waals surface area contributed by atoms with Crippen molar-refractivity contribution in [3.05, 3.63) is 29.6 Å². The Morgan fingerprint density at radius 1 is 1.29 bits per heavy atom. The van der Waals surface area contributed by atoms with Crippen LogP contribution in [0.2, 0.25) is 0 Å². The van der Waals surface area contributed by atoms with Gasteiger partial charge < -0.3 is 9.64 Å². The van der Waals surface area contributed by atoms with Crippen LogP contribution in [0.1, 0.15) is 40.2 Å². The van der Waals surface area contributed by atoms with Gasteiger partial charge in [-0.25, -0.2) is 9.18 Å². The van der Waals surface area contributed by atoms with Crippen molar-refractivity contribution < 1.29 is 18.7 Å². The molecule has 1 heterocycles. The first-order valence-corrected chi connectivity index (χ1v) is 7.98. The number of nitrogens with zero attached hydrogens (tertiary/aromatic N) is 2. The van der Waals surface area contributed by atoms with Crippen molar-refractivity contribution in [3.63, 3.8) is 0 Å². The van der Waals surface area contributed by atoms with E-state index in [1.54, 1.807) is 44.7 Å². The SMILES string of the molecule is Cc1c(F)cccc1N1CC(C)(C)N(C(=O)OC(C)(C)C)CC1=O. The van der Waals surface area contributed by atoms with Crippen LogP contribution < -0.4 is 4.90 Å². The lowest BCUT2D eigenvalue weighted by molar-refractivity contribution is -0.124. The third-order valence-corrected chi connectivity index (χ3v) is 4.01. The van der Waals surface area contributed by atoms with Crippen LogP contribution in [0.4, 0.5) is 14.9 Å². The Morgan fingerprint density at radius 2 is 1.92 bits per heavy atom. The van der Waals surface area contributed by atoms with Crippen LogP contribution in [0.25, 0.3) is 0 Å². The first kappa shape index (κ1) is 18.2. The van der Waals surface area contributed by atoms with Gasteiger partial charge in [0.15, 0.2) is 0 Å². The zero-order valence-corrected chi connectivity index (χ0v) is 15.1. The van der Waals surface area contributed by atoms with E-state index in [2.05, 4.69) is 0 Å². The van der Waals surface area contributed by atoms with Gasteiger partial charge in [-0.1, -0.05) is 6.07 Å². The van der Waals surface area contributed by atoms with E-state index in [9.17, 15) is 14.0 Å². The van der Waals surface area contributed by atoms with Gasteiger partial charge in [-0.05, 0) is 53.7 Å². The summed E-state index contributed by atoms with van der Waals surface area (Å²) < 4.78 is 19.2. The van der Waals surface area contributed by atoms with Crippen LogP contribution >= 0.6 is 0 Å². The molecule has 132 valence electrons. The Hall–Kier alpha value is -2.11. The predicted molar refractivity (Wildman–Crippen MR) is 90.5 cm³/mol. The van der Waals surface area contributed by atoms with E-state index in [0.29, 0.717) is 11.3 Å². The Bertz CT molecular complexity index is 665. The molecule has 6 heteroatoms. The zero-order chi connectivity index (χ0) is 18.3. The van der Waals surface area contributed by atoms with Gasteiger partial charge in [-0.3, -0.25) is 9.69 Å². The normalized spacial score (nSPS) is 17.9. The molecule has 0 bridgehead atoms. The Labute approximate surface area is 142 Å². The van der Waals surface area contributed by atoms with E-state index in [-0.39, 0.29) is 24.8 Å². The van der Waals surface area contributed by atoms with Crippen LogP contribution in [0, 0.1) is 12.7 Å². The summed E-state index contributed by atoms with van der Waals surface area (Å²) in [7, 11) is 0. The number of anilines is 1. The molecule has 24 heavy (non-hydrogen) atoms. The quantitative estimate of drug-likeness (QED) is 0.789. The van der Waals surface area contributed by atoms with Crippen molar-refractivity contribution >= 4 is 17.7 Å². The largest absolute Gasteiger partial charge is 0.444 e. The molecule has 1 aliphatic heterocycles. The summed E-state index contributed by atoms with van der Waals surface area (Å²) >= 11 is 0. The molecular formula is C18H25FN2O3. The molecule has 1 aromatic carbocycles. The molecule has 1 aromatic rings. The monoisotopic (exact) mass is 336 g/mol. The van der Waals surface area contributed by atoms with E-state index in [4.69, 9.17) is 4.74 Å². The van der Waals surface area contributed by atoms with Crippen molar-refractivity contribution in [3.8, 4) is 0 Å². The molecule has 2 amide bonds. The number of carbonyl (C=O) groups is 2. The number of rotatable bonds is 1. The van der Waals surface area contributed by atoms with Crippen molar-refractivity contribution in [2.45, 2.75) is 52.7 Å². The van der Waals surface area contributed by atoms with E-state index in [0.717, 1.165) is 0 Å². The average Bonchev–Trinajstić information content (AvgIpc) is 2.42. The second-order valence-corrected chi connectivity index (χ2v) is 7.74. The highest BCUT2D eigenvalue weighted by atomic mass is 19.1. The van der Waals surface area contributed by atoms with Crippen molar-refractivity contribution in [1.29, 1.82) is 0 Å². The number of carbonyl (C=O) groups excluding carboxylic acids is 2. The fourth-order valence-corrected chi connectivity index (χ4v) is 2.73. The number of hydrogen-bond donors (Lipinski definition) is 0. The van der Waals surface area contributed by atoms with Gasteiger partial charge in [0, 0.05) is 17.8 Å². The molecule has 1 aliphatic rings. The lowest BCUT2D eigenvalue weighted by Gasteiger charge is -2.46. The van der Waals surface area contributed by atoms with Crippen molar-refractivity contribution in [2.75, 3.05) is 18.0 Å². The molecule has 0 atom stereocenters. The summed E-state index contributed by atoms with van der Waals surface area (Å²) in [5.74, 6) is -0.610. The van der Waals surface area contributed by atoms with Gasteiger partial charge in [0.2, 0.25) is 5.91 Å². The lowest BCUT2D eigenvalue weighted by Crippen LogP contribution is -2.64. The lowest BCUT2D eigenvalue weighted by atomic mass is 9.97. The highest BCUT2D eigenvalue weighted by Crippen LogP contribution is 2.30. The van der Waals surface area contributed by atoms with E-state index in [1.165, 1.54) is 11.0 Å². The second kappa shape index (κ2) is 6.07. The maximum absolute atomic E-state index is 13.8. The van der Waals surface area contributed by atoms with Crippen LogP contribution in [0.3, 0.4) is 0 Å². The van der Waals surface area contributed by atoms with E-state index >= 15 is 0 Å². The van der Waals surface area contributed by atoms with Crippen LogP contribution in [-0.2, 0) is 9.53 Å². The first-order valence-electron chi connectivity index (χ1n) is 7.98. The Balaban J connectivity index is 2.28. The number of halogens is 1. The van der Waals surface area contributed by atoms with Crippen molar-refractivity contribution in [1.82, 2.24) is 4.90 Å². The molecule has 0 N–H and O–H groups in total. The van der Waals surface area contributed by atoms with Gasteiger partial charge in [-0.15, -0.1) is 0 Å². The summed E-state index contributed by atoms with van der Waals surface area (Å²) in [6.07, 6.45) is -0.517. The summed E-state index contributed by atoms with van der Waals surface area (Å²) in [5.41, 5.74) is -0.300. The first-order chi connectivity index (χ1) is 10.9. The number of benzene rings is 1. The number of amides is 2. The molecule has 0 aromatic heterocycles. The maximum atomic E-state index is 13.8. The molecule has 0 unspecified atom stereocenters. The molecular weight excluding hydrogens is 311 g/mol. The topological polar surface area (TPSA) is 49.9 Å². The standard InChI is InChI=1S/C18H25FN2O3/c1-12-13(19)8-7-9-14(12)20-11-18(5,6)21(10-15(20)22)16(23)24-17(2,3)4/h7-9H,10-11H2,1-6H3. The van der Waals surface area contributed by atoms with Crippen molar-refractivity contribution in [2.24, 2.45) is 0 Å². The second-order valence-electron chi connectivity index (χ2n) is 7.74. The summed E-state index contributed by atoms with van der Waals surface area (Å²) in [6.45, 7) is 10.9. The molecule has 1 saturated heterocycles. The molecule has 0 radical (unpaired) electrons. The summed E-state index contributed by atoms with van der Waals surface area (Å²) in [6, 6.07) is 4.67. The van der Waals surface area contributed by atoms with Gasteiger partial charge in [0.25, 0.3) is 0 Å². The highest BCUT2D eigenvalue weighted by molar-refractivity contribution is 5.98. The molecule has 0 spiro atoms. The Kier molecular flexibility index (Phi) is 4.61. The Morgan fingerprint density at radius 3 is 2.50 bits per heavy atom. The minimum Gasteiger partial charge on any atom is -0.444 e. The molecule has 1 fully saturated rings. The third-order valence-electron chi connectivity index (χ3n) is 4.01. The fraction of sp³-hybridized carbons (Fsp3) is 0.556. The van der Waals surface area contributed by atoms with E-state index < -0.39 is 17.2 Å². The van der Waals surface area contributed by atoms with Crippen LogP contribution in [0.5, 0.6) is 0 Å². The fourth-order valence-electron chi connectivity index (χ4n) is 2.73. The number of piperazine rings is 1. The average molecular weight is 336 g/mol. The van der Waals surface area contributed by atoms with Gasteiger partial charge >= 0.3 is 6.09 Å². The molecule has 0 saturated carbocycles. The van der Waals surface area contributed by atoms with Crippen LogP contribution in [-0.4, -0.2) is 41.1 Å². The predicted octanol–water partition coefficient (Wildman–Crippen LogP) is 3.50. The molecule has 2 rings (SSSR count). The number of ether oxygens (including phenoxy) is 1. The summed E-state index contributed by atoms with van der Waals surface area (Å²) in [5, 5.41) is 0. The molecule has 5 nitrogen and oxygen atoms in total. The van der Waals surface area contributed by atoms with E-state index in [1.807, 2.05) is 13.8 Å². The number of hydrogen-bond acceptors (Lipinski definition) is 3. The third kappa shape index (κ3) is 3.68. The minimum absolute atomic E-state index is 0.0993. The minimum atomic E-state index is -0.632. The van der Waals surface area contributed by atoms with Gasteiger partial charge in [0.05, 0.1) is 5.54 Å². The highest BCUT2D eigenvalue weighted by Gasteiger charge is 2.43. The summed E-state index contributed by atoms with van der Waals surface area (Å²) in [4.78, 5) is 28.0. The van der Waals surface area contributed by atoms with Crippen LogP contribution in [0.15, 0.2) is 18.2 Å². The smallest absolute Gasteiger partial charge is 0.411 e. The zero-order valence-electron chi connectivity index (χ0n) is 15.1.